The fourth-order valence-electron chi connectivity index (χ4n) is 5.24. The van der Waals surface area contributed by atoms with Crippen LogP contribution in [0.15, 0.2) is 97.2 Å². The summed E-state index contributed by atoms with van der Waals surface area (Å²) in [7, 11) is -4.64. The Kier molecular flexibility index (Phi) is 39.8. The van der Waals surface area contributed by atoms with E-state index < -0.39 is 45.1 Å². The number of rotatable bonds is 40. The van der Waals surface area contributed by atoms with Crippen molar-refractivity contribution in [3.63, 3.8) is 0 Å². The van der Waals surface area contributed by atoms with Gasteiger partial charge in [0, 0.05) is 13.0 Å². The average molecular weight is 832 g/mol. The number of esters is 1. The molecule has 0 heterocycles. The summed E-state index contributed by atoms with van der Waals surface area (Å²) in [5, 5.41) is 8.90. The smallest absolute Gasteiger partial charge is 0.472 e. The first-order valence-corrected chi connectivity index (χ1v) is 23.3. The van der Waals surface area contributed by atoms with Crippen molar-refractivity contribution < 1.29 is 42.7 Å². The Hall–Kier alpha value is -3.11. The number of phosphoric ester groups is 1. The highest BCUT2D eigenvalue weighted by Crippen LogP contribution is 2.43. The van der Waals surface area contributed by atoms with Crippen molar-refractivity contribution in [2.24, 2.45) is 5.73 Å². The fraction of sp³-hybridized carbons (Fsp3) is 0.617. The van der Waals surface area contributed by atoms with Crippen LogP contribution < -0.4 is 5.73 Å². The van der Waals surface area contributed by atoms with E-state index in [1.54, 1.807) is 0 Å². The number of carbonyl (C=O) groups is 2. The van der Waals surface area contributed by atoms with E-state index in [9.17, 15) is 19.0 Å². The molecule has 3 atom stereocenters. The van der Waals surface area contributed by atoms with Crippen molar-refractivity contribution in [3.05, 3.63) is 97.2 Å². The molecule has 0 radical (unpaired) electrons. The summed E-state index contributed by atoms with van der Waals surface area (Å²) in [6, 6.07) is -1.49. The summed E-state index contributed by atoms with van der Waals surface area (Å²) in [6.45, 7) is 3.55. The molecule has 0 bridgehead atoms. The molecular weight excluding hydrogens is 753 g/mol. The molecule has 4 N–H and O–H groups in total. The van der Waals surface area contributed by atoms with Crippen molar-refractivity contribution in [1.29, 1.82) is 0 Å². The molecule has 3 unspecified atom stereocenters. The molecule has 0 saturated carbocycles. The van der Waals surface area contributed by atoms with Gasteiger partial charge >= 0.3 is 19.8 Å². The zero-order valence-corrected chi connectivity index (χ0v) is 36.7. The van der Waals surface area contributed by atoms with Crippen LogP contribution in [0.5, 0.6) is 0 Å². The summed E-state index contributed by atoms with van der Waals surface area (Å²) in [4.78, 5) is 33.5. The Morgan fingerprint density at radius 2 is 1.00 bits per heavy atom. The Labute approximate surface area is 351 Å². The van der Waals surface area contributed by atoms with E-state index in [0.29, 0.717) is 13.0 Å². The average Bonchev–Trinajstić information content (AvgIpc) is 3.20. The molecular formula is C47H78NO9P. The predicted octanol–water partition coefficient (Wildman–Crippen LogP) is 12.1. The van der Waals surface area contributed by atoms with Crippen molar-refractivity contribution in [2.45, 2.75) is 161 Å². The molecule has 0 saturated heterocycles. The number of nitrogens with two attached hydrogens (primary N) is 1. The standard InChI is InChI=1S/C47H78NO9P/c1-3-5-7-9-11-13-15-17-19-21-22-23-24-26-28-30-32-34-36-38-40-54-41-44(42-55-58(52,53)56-43-45(48)47(50)51)57-46(49)39-37-35-33-31-29-27-25-20-18-16-14-12-10-8-6-4-2/h5,7,11,13-14,16-17,19-20,22-23,25-26,28,32,34,44-45H,3-4,6,8-10,12,15,18,21,24,27,29-31,33,35-43,48H2,1-2H3,(H,50,51)(H,52,53)/b7-5-,13-11-,16-14-,19-17-,23-22-,25-20-,28-26-,34-32-. The molecule has 0 fully saturated rings. The molecule has 330 valence electrons. The third-order valence-electron chi connectivity index (χ3n) is 8.60. The monoisotopic (exact) mass is 832 g/mol. The van der Waals surface area contributed by atoms with Crippen molar-refractivity contribution in [1.82, 2.24) is 0 Å². The first-order chi connectivity index (χ1) is 28.2. The van der Waals surface area contributed by atoms with Gasteiger partial charge in [0.05, 0.1) is 19.8 Å². The normalized spacial score (nSPS) is 14.8. The van der Waals surface area contributed by atoms with Crippen LogP contribution in [-0.2, 0) is 32.7 Å². The van der Waals surface area contributed by atoms with Gasteiger partial charge in [-0.25, -0.2) is 4.57 Å². The summed E-state index contributed by atoms with van der Waals surface area (Å²) >= 11 is 0. The fourth-order valence-corrected chi connectivity index (χ4v) is 6.01. The van der Waals surface area contributed by atoms with Crippen LogP contribution >= 0.6 is 7.82 Å². The minimum Gasteiger partial charge on any atom is -0.480 e. The minimum absolute atomic E-state index is 0.0353. The maximum atomic E-state index is 12.6. The zero-order chi connectivity index (χ0) is 42.6. The number of carboxylic acid groups (broad SMARTS) is 1. The Bertz CT molecular complexity index is 1280. The lowest BCUT2D eigenvalue weighted by molar-refractivity contribution is -0.154. The highest BCUT2D eigenvalue weighted by atomic mass is 31.2. The first kappa shape index (κ1) is 54.9. The summed E-state index contributed by atoms with van der Waals surface area (Å²) < 4.78 is 33.3. The van der Waals surface area contributed by atoms with Gasteiger partial charge in [-0.1, -0.05) is 150 Å². The SMILES string of the molecule is CC/C=C\C/C=C\C/C=C\C/C=C\C/C=C\C/C=C\CCCOCC(COP(=O)(O)OCC(N)C(=O)O)OC(=O)CCCCCCC/C=C\C/C=C\CCCCCC. The van der Waals surface area contributed by atoms with E-state index in [1.165, 1.54) is 32.1 Å². The van der Waals surface area contributed by atoms with Gasteiger partial charge in [0.15, 0.2) is 0 Å². The lowest BCUT2D eigenvalue weighted by Gasteiger charge is -2.20. The lowest BCUT2D eigenvalue weighted by atomic mass is 10.1. The van der Waals surface area contributed by atoms with Gasteiger partial charge in [0.2, 0.25) is 0 Å². The zero-order valence-electron chi connectivity index (χ0n) is 35.8. The molecule has 0 aliphatic carbocycles. The third kappa shape index (κ3) is 41.1. The minimum atomic E-state index is -4.64. The van der Waals surface area contributed by atoms with Crippen LogP contribution in [0.2, 0.25) is 0 Å². The first-order valence-electron chi connectivity index (χ1n) is 21.8. The third-order valence-corrected chi connectivity index (χ3v) is 9.55. The highest BCUT2D eigenvalue weighted by molar-refractivity contribution is 7.47. The molecule has 0 aliphatic heterocycles. The second kappa shape index (κ2) is 42.0. The Morgan fingerprint density at radius 3 is 1.50 bits per heavy atom. The predicted molar refractivity (Wildman–Crippen MR) is 239 cm³/mol. The quantitative estimate of drug-likeness (QED) is 0.0235. The number of hydrogen-bond acceptors (Lipinski definition) is 8. The van der Waals surface area contributed by atoms with E-state index in [0.717, 1.165) is 89.9 Å². The number of allylic oxidation sites excluding steroid dienone is 16. The van der Waals surface area contributed by atoms with Crippen molar-refractivity contribution in [3.8, 4) is 0 Å². The molecule has 0 aromatic carbocycles. The number of unbranched alkanes of at least 4 members (excludes halogenated alkanes) is 10. The molecule has 0 spiro atoms. The maximum absolute atomic E-state index is 12.6. The summed E-state index contributed by atoms with van der Waals surface area (Å²) in [5.74, 6) is -1.83. The number of aliphatic carboxylic acids is 1. The van der Waals surface area contributed by atoms with Gasteiger partial charge in [-0.3, -0.25) is 18.6 Å². The Balaban J connectivity index is 4.40. The van der Waals surface area contributed by atoms with E-state index in [4.69, 9.17) is 29.4 Å². The van der Waals surface area contributed by atoms with Gasteiger partial charge in [-0.15, -0.1) is 0 Å². The summed E-state index contributed by atoms with van der Waals surface area (Å²) in [6.07, 6.45) is 54.7. The molecule has 10 nitrogen and oxygen atoms in total. The van der Waals surface area contributed by atoms with E-state index in [1.807, 2.05) is 0 Å². The Morgan fingerprint density at radius 1 is 0.569 bits per heavy atom. The van der Waals surface area contributed by atoms with E-state index in [2.05, 4.69) is 111 Å². The molecule has 0 rings (SSSR count). The molecule has 0 aliphatic rings. The number of hydrogen-bond donors (Lipinski definition) is 3. The van der Waals surface area contributed by atoms with Gasteiger partial charge in [-0.05, 0) is 89.9 Å². The topological polar surface area (TPSA) is 155 Å². The van der Waals surface area contributed by atoms with Crippen LogP contribution in [-0.4, -0.2) is 60.5 Å². The van der Waals surface area contributed by atoms with Crippen LogP contribution in [0.4, 0.5) is 0 Å². The largest absolute Gasteiger partial charge is 0.480 e. The molecule has 0 aromatic rings. The van der Waals surface area contributed by atoms with Gasteiger partial charge in [-0.2, -0.15) is 0 Å². The maximum Gasteiger partial charge on any atom is 0.472 e. The molecule has 0 aromatic heterocycles. The number of carbonyl (C=O) groups excluding carboxylic acids is 1. The van der Waals surface area contributed by atoms with E-state index >= 15 is 0 Å². The molecule has 0 amide bonds. The van der Waals surface area contributed by atoms with Crippen LogP contribution in [0, 0.1) is 0 Å². The second-order valence-corrected chi connectivity index (χ2v) is 15.5. The van der Waals surface area contributed by atoms with Crippen molar-refractivity contribution >= 4 is 19.8 Å². The van der Waals surface area contributed by atoms with Crippen LogP contribution in [0.25, 0.3) is 0 Å². The number of ether oxygens (including phenoxy) is 2. The van der Waals surface area contributed by atoms with Gasteiger partial charge < -0.3 is 25.2 Å². The molecule has 58 heavy (non-hydrogen) atoms. The molecule has 11 heteroatoms. The van der Waals surface area contributed by atoms with Gasteiger partial charge in [0.1, 0.15) is 12.1 Å². The summed E-state index contributed by atoms with van der Waals surface area (Å²) in [5.41, 5.74) is 5.35. The second-order valence-electron chi connectivity index (χ2n) is 14.1. The van der Waals surface area contributed by atoms with Gasteiger partial charge in [0.25, 0.3) is 0 Å². The number of carboxylic acids is 1. The lowest BCUT2D eigenvalue weighted by Crippen LogP contribution is -2.34. The van der Waals surface area contributed by atoms with Crippen molar-refractivity contribution in [2.75, 3.05) is 26.4 Å². The number of phosphoric acid groups is 1. The van der Waals surface area contributed by atoms with Crippen LogP contribution in [0.3, 0.4) is 0 Å². The highest BCUT2D eigenvalue weighted by Gasteiger charge is 2.27. The van der Waals surface area contributed by atoms with Crippen LogP contribution in [0.1, 0.15) is 149 Å². The van der Waals surface area contributed by atoms with E-state index in [-0.39, 0.29) is 13.0 Å².